The van der Waals surface area contributed by atoms with Crippen LogP contribution in [0.5, 0.6) is 0 Å². The van der Waals surface area contributed by atoms with E-state index in [0.29, 0.717) is 5.56 Å². The summed E-state index contributed by atoms with van der Waals surface area (Å²) in [7, 11) is 0. The number of benzene rings is 2. The van der Waals surface area contributed by atoms with Gasteiger partial charge >= 0.3 is 0 Å². The SMILES string of the molecule is C=C(C)c1cccc(C(F)(F)c2cc(C)c(C)cc2CO)c1. The lowest BCUT2D eigenvalue weighted by Gasteiger charge is -2.22. The van der Waals surface area contributed by atoms with Crippen LogP contribution >= 0.6 is 0 Å². The van der Waals surface area contributed by atoms with Crippen LogP contribution in [0.25, 0.3) is 5.57 Å². The quantitative estimate of drug-likeness (QED) is 0.845. The van der Waals surface area contributed by atoms with Gasteiger partial charge in [0.15, 0.2) is 0 Å². The van der Waals surface area contributed by atoms with Crippen LogP contribution < -0.4 is 0 Å². The largest absolute Gasteiger partial charge is 0.392 e. The molecule has 116 valence electrons. The first kappa shape index (κ1) is 16.4. The maximum Gasteiger partial charge on any atom is 0.298 e. The van der Waals surface area contributed by atoms with Gasteiger partial charge in [-0.1, -0.05) is 36.4 Å². The molecule has 0 radical (unpaired) electrons. The molecule has 0 aliphatic rings. The number of aliphatic hydroxyl groups excluding tert-OH is 1. The molecule has 0 heterocycles. The number of hydrogen-bond acceptors (Lipinski definition) is 1. The molecular formula is C19H20F2O. The molecule has 0 saturated heterocycles. The molecule has 0 fully saturated rings. The van der Waals surface area contributed by atoms with Gasteiger partial charge in [0.1, 0.15) is 0 Å². The van der Waals surface area contributed by atoms with Gasteiger partial charge in [0.2, 0.25) is 0 Å². The van der Waals surface area contributed by atoms with E-state index in [0.717, 1.165) is 16.7 Å². The number of aryl methyl sites for hydroxylation is 2. The van der Waals surface area contributed by atoms with E-state index in [4.69, 9.17) is 0 Å². The van der Waals surface area contributed by atoms with Crippen LogP contribution in [0.4, 0.5) is 8.78 Å². The minimum Gasteiger partial charge on any atom is -0.392 e. The fraction of sp³-hybridized carbons (Fsp3) is 0.263. The molecule has 2 aromatic carbocycles. The van der Waals surface area contributed by atoms with Crippen LogP contribution in [-0.4, -0.2) is 5.11 Å². The van der Waals surface area contributed by atoms with Crippen LogP contribution in [0.2, 0.25) is 0 Å². The molecule has 0 atom stereocenters. The highest BCUT2D eigenvalue weighted by Gasteiger charge is 2.36. The molecule has 2 rings (SSSR count). The first-order valence-electron chi connectivity index (χ1n) is 7.13. The van der Waals surface area contributed by atoms with E-state index in [1.165, 1.54) is 18.2 Å². The van der Waals surface area contributed by atoms with Gasteiger partial charge in [-0.15, -0.1) is 0 Å². The van der Waals surface area contributed by atoms with Crippen molar-refractivity contribution in [2.75, 3.05) is 0 Å². The van der Waals surface area contributed by atoms with Crippen molar-refractivity contribution in [3.8, 4) is 0 Å². The molecule has 0 unspecified atom stereocenters. The van der Waals surface area contributed by atoms with E-state index < -0.39 is 12.5 Å². The Hall–Kier alpha value is -2.00. The van der Waals surface area contributed by atoms with Gasteiger partial charge in [-0.25, -0.2) is 0 Å². The van der Waals surface area contributed by atoms with E-state index in [9.17, 15) is 13.9 Å². The van der Waals surface area contributed by atoms with Gasteiger partial charge in [-0.3, -0.25) is 0 Å². The van der Waals surface area contributed by atoms with E-state index in [1.54, 1.807) is 32.0 Å². The van der Waals surface area contributed by atoms with Gasteiger partial charge < -0.3 is 5.11 Å². The van der Waals surface area contributed by atoms with Gasteiger partial charge in [-0.2, -0.15) is 8.78 Å². The van der Waals surface area contributed by atoms with Gasteiger partial charge in [-0.05, 0) is 55.2 Å². The minimum absolute atomic E-state index is 0.0917. The number of alkyl halides is 2. The third-order valence-corrected chi connectivity index (χ3v) is 3.95. The number of allylic oxidation sites excluding steroid dienone is 1. The third kappa shape index (κ3) is 2.95. The zero-order valence-corrected chi connectivity index (χ0v) is 13.1. The summed E-state index contributed by atoms with van der Waals surface area (Å²) in [6, 6.07) is 9.32. The van der Waals surface area contributed by atoms with Gasteiger partial charge in [0, 0.05) is 11.1 Å². The van der Waals surface area contributed by atoms with E-state index >= 15 is 0 Å². The van der Waals surface area contributed by atoms with E-state index in [2.05, 4.69) is 6.58 Å². The molecule has 0 amide bonds. The third-order valence-electron chi connectivity index (χ3n) is 3.95. The molecule has 0 saturated carbocycles. The van der Waals surface area contributed by atoms with Crippen molar-refractivity contribution in [3.05, 3.63) is 76.4 Å². The van der Waals surface area contributed by atoms with Crippen molar-refractivity contribution in [1.82, 2.24) is 0 Å². The highest BCUT2D eigenvalue weighted by atomic mass is 19.3. The maximum atomic E-state index is 15.0. The number of halogens is 2. The minimum atomic E-state index is -3.16. The topological polar surface area (TPSA) is 20.2 Å². The van der Waals surface area contributed by atoms with Crippen molar-refractivity contribution in [1.29, 1.82) is 0 Å². The lowest BCUT2D eigenvalue weighted by Crippen LogP contribution is -2.18. The van der Waals surface area contributed by atoms with Crippen molar-refractivity contribution in [3.63, 3.8) is 0 Å². The van der Waals surface area contributed by atoms with Crippen LogP contribution in [0.15, 0.2) is 43.0 Å². The first-order valence-corrected chi connectivity index (χ1v) is 7.13. The van der Waals surface area contributed by atoms with Crippen molar-refractivity contribution in [2.45, 2.75) is 33.3 Å². The van der Waals surface area contributed by atoms with E-state index in [1.807, 2.05) is 6.92 Å². The molecule has 3 heteroatoms. The Bertz CT molecular complexity index is 717. The predicted octanol–water partition coefficient (Wildman–Crippen LogP) is 4.97. The standard InChI is InChI=1S/C19H20F2O/c1-12(2)15-6-5-7-17(10-15)19(20,21)18-9-14(4)13(3)8-16(18)11-22/h5-10,22H,1,11H2,2-4H3. The van der Waals surface area contributed by atoms with Crippen LogP contribution in [0, 0.1) is 13.8 Å². The highest BCUT2D eigenvalue weighted by Crippen LogP contribution is 2.39. The average molecular weight is 302 g/mol. The highest BCUT2D eigenvalue weighted by molar-refractivity contribution is 5.62. The monoisotopic (exact) mass is 302 g/mol. The molecule has 0 spiro atoms. The summed E-state index contributed by atoms with van der Waals surface area (Å²) in [6.45, 7) is 8.81. The van der Waals surface area contributed by atoms with Crippen molar-refractivity contribution < 1.29 is 13.9 Å². The summed E-state index contributed by atoms with van der Waals surface area (Å²) in [4.78, 5) is 0. The Labute approximate surface area is 129 Å². The molecule has 1 nitrogen and oxygen atoms in total. The molecule has 0 aromatic heterocycles. The lowest BCUT2D eigenvalue weighted by molar-refractivity contribution is 0.0404. The lowest BCUT2D eigenvalue weighted by atomic mass is 9.91. The summed E-state index contributed by atoms with van der Waals surface area (Å²) in [5.74, 6) is -3.16. The molecule has 0 aliphatic heterocycles. The van der Waals surface area contributed by atoms with Crippen LogP contribution in [0.3, 0.4) is 0 Å². The van der Waals surface area contributed by atoms with Crippen LogP contribution in [-0.2, 0) is 12.5 Å². The molecule has 22 heavy (non-hydrogen) atoms. The molecule has 1 N–H and O–H groups in total. The Morgan fingerprint density at radius 3 is 2.36 bits per heavy atom. The summed E-state index contributed by atoms with van der Waals surface area (Å²) >= 11 is 0. The summed E-state index contributed by atoms with van der Waals surface area (Å²) in [6.07, 6.45) is 0. The molecule has 0 aliphatic carbocycles. The zero-order valence-electron chi connectivity index (χ0n) is 13.1. The number of aliphatic hydroxyl groups is 1. The molecule has 2 aromatic rings. The molecular weight excluding hydrogens is 282 g/mol. The average Bonchev–Trinajstić information content (AvgIpc) is 2.49. The Morgan fingerprint density at radius 1 is 1.14 bits per heavy atom. The Kier molecular flexibility index (Phi) is 4.47. The normalized spacial score (nSPS) is 11.5. The van der Waals surface area contributed by atoms with Crippen molar-refractivity contribution >= 4 is 5.57 Å². The summed E-state index contributed by atoms with van der Waals surface area (Å²) in [5.41, 5.74) is 3.12. The summed E-state index contributed by atoms with van der Waals surface area (Å²) < 4.78 is 29.9. The van der Waals surface area contributed by atoms with Crippen molar-refractivity contribution in [2.24, 2.45) is 0 Å². The number of hydrogen-bond donors (Lipinski definition) is 1. The fourth-order valence-electron chi connectivity index (χ4n) is 2.43. The van der Waals surface area contributed by atoms with Gasteiger partial charge in [0.05, 0.1) is 6.61 Å². The zero-order chi connectivity index (χ0) is 16.5. The molecule has 0 bridgehead atoms. The first-order chi connectivity index (χ1) is 10.3. The van der Waals surface area contributed by atoms with Crippen LogP contribution in [0.1, 0.15) is 40.3 Å². The predicted molar refractivity (Wildman–Crippen MR) is 86.0 cm³/mol. The Balaban J connectivity index is 2.62. The second-order valence-corrected chi connectivity index (χ2v) is 5.69. The fourth-order valence-corrected chi connectivity index (χ4v) is 2.43. The summed E-state index contributed by atoms with van der Waals surface area (Å²) in [5, 5.41) is 9.44. The maximum absolute atomic E-state index is 15.0. The Morgan fingerprint density at radius 2 is 1.77 bits per heavy atom. The van der Waals surface area contributed by atoms with Gasteiger partial charge in [0.25, 0.3) is 5.92 Å². The second kappa shape index (κ2) is 6.01. The van der Waals surface area contributed by atoms with E-state index in [-0.39, 0.29) is 16.7 Å². The smallest absolute Gasteiger partial charge is 0.298 e. The number of rotatable bonds is 4. The second-order valence-electron chi connectivity index (χ2n) is 5.69.